The second-order valence-corrected chi connectivity index (χ2v) is 10.9. The fraction of sp³-hybridized carbons (Fsp3) is 0.257. The second kappa shape index (κ2) is 12.2. The molecule has 0 saturated heterocycles. The molecule has 0 saturated carbocycles. The number of carbonyl (C=O) groups is 1. The average molecular weight is 578 g/mol. The van der Waals surface area contributed by atoms with Crippen molar-refractivity contribution < 1.29 is 19.0 Å². The first kappa shape index (κ1) is 28.3. The molecule has 0 aliphatic carbocycles. The summed E-state index contributed by atoms with van der Waals surface area (Å²) in [5.41, 5.74) is 6.41. The molecular formula is C35H35N3O5. The van der Waals surface area contributed by atoms with E-state index < -0.39 is 0 Å². The maximum Gasteiger partial charge on any atom is 0.228 e. The fourth-order valence-corrected chi connectivity index (χ4v) is 5.98. The molecule has 2 heterocycles. The number of aromatic amines is 1. The number of rotatable bonds is 9. The number of nitrogens with one attached hydrogen (secondary N) is 2. The lowest BCUT2D eigenvalue weighted by atomic mass is 9.98. The average Bonchev–Trinajstić information content (AvgIpc) is 3.03. The van der Waals surface area contributed by atoms with Crippen LogP contribution in [-0.2, 0) is 30.6 Å². The van der Waals surface area contributed by atoms with Gasteiger partial charge in [-0.2, -0.15) is 0 Å². The molecule has 8 nitrogen and oxygen atoms in total. The molecule has 4 aromatic carbocycles. The summed E-state index contributed by atoms with van der Waals surface area (Å²) >= 11 is 0. The molecule has 0 radical (unpaired) electrons. The third-order valence-corrected chi connectivity index (χ3v) is 8.21. The van der Waals surface area contributed by atoms with Crippen molar-refractivity contribution in [2.24, 2.45) is 0 Å². The van der Waals surface area contributed by atoms with Gasteiger partial charge in [-0.15, -0.1) is 0 Å². The molecule has 1 amide bonds. The number of nitrogens with zero attached hydrogens (tertiary/aromatic N) is 1. The molecule has 2 N–H and O–H groups in total. The van der Waals surface area contributed by atoms with Gasteiger partial charge in [0.1, 0.15) is 5.75 Å². The van der Waals surface area contributed by atoms with Gasteiger partial charge >= 0.3 is 0 Å². The topological polar surface area (TPSA) is 92.9 Å². The van der Waals surface area contributed by atoms with Gasteiger partial charge in [-0.25, -0.2) is 0 Å². The van der Waals surface area contributed by atoms with Crippen LogP contribution in [0.4, 0.5) is 5.69 Å². The molecule has 8 heteroatoms. The number of benzene rings is 4. The van der Waals surface area contributed by atoms with Crippen molar-refractivity contribution in [2.45, 2.75) is 25.8 Å². The molecule has 6 rings (SSSR count). The summed E-state index contributed by atoms with van der Waals surface area (Å²) < 4.78 is 16.4. The summed E-state index contributed by atoms with van der Waals surface area (Å²) in [5.74, 6) is 1.97. The molecule has 0 bridgehead atoms. The summed E-state index contributed by atoms with van der Waals surface area (Å²) in [6.07, 6.45) is 1.96. The number of ether oxygens (including phenoxy) is 3. The second-order valence-electron chi connectivity index (χ2n) is 10.9. The Kier molecular flexibility index (Phi) is 8.03. The molecule has 1 aromatic heterocycles. The van der Waals surface area contributed by atoms with Gasteiger partial charge in [0.2, 0.25) is 5.91 Å². The maximum atomic E-state index is 13.2. The normalized spacial score (nSPS) is 13.1. The van der Waals surface area contributed by atoms with Crippen LogP contribution in [0.1, 0.15) is 22.3 Å². The Hall–Kier alpha value is -4.82. The fourth-order valence-electron chi connectivity index (χ4n) is 5.98. The Morgan fingerprint density at radius 3 is 2.30 bits per heavy atom. The Morgan fingerprint density at radius 1 is 0.837 bits per heavy atom. The van der Waals surface area contributed by atoms with Gasteiger partial charge in [-0.3, -0.25) is 14.5 Å². The summed E-state index contributed by atoms with van der Waals surface area (Å²) in [7, 11) is 4.91. The number of hydrogen-bond donors (Lipinski definition) is 2. The van der Waals surface area contributed by atoms with Gasteiger partial charge in [0.25, 0.3) is 0 Å². The summed E-state index contributed by atoms with van der Waals surface area (Å²) in [4.78, 5) is 32.2. The van der Waals surface area contributed by atoms with E-state index in [1.165, 1.54) is 11.1 Å². The van der Waals surface area contributed by atoms with E-state index in [9.17, 15) is 9.59 Å². The summed E-state index contributed by atoms with van der Waals surface area (Å²) in [6, 6.07) is 23.0. The van der Waals surface area contributed by atoms with Crippen LogP contribution in [-0.4, -0.2) is 50.2 Å². The minimum atomic E-state index is -0.150. The van der Waals surface area contributed by atoms with E-state index in [0.29, 0.717) is 27.6 Å². The van der Waals surface area contributed by atoms with E-state index in [4.69, 9.17) is 14.2 Å². The lowest BCUT2D eigenvalue weighted by Gasteiger charge is -2.29. The van der Waals surface area contributed by atoms with E-state index in [0.717, 1.165) is 60.8 Å². The van der Waals surface area contributed by atoms with E-state index in [1.54, 1.807) is 39.5 Å². The van der Waals surface area contributed by atoms with Crippen molar-refractivity contribution >= 4 is 33.4 Å². The van der Waals surface area contributed by atoms with Gasteiger partial charge in [0.15, 0.2) is 16.9 Å². The molecule has 0 atom stereocenters. The number of carbonyl (C=O) groups excluding carboxylic acids is 1. The highest BCUT2D eigenvalue weighted by atomic mass is 16.5. The van der Waals surface area contributed by atoms with E-state index in [1.807, 2.05) is 36.4 Å². The van der Waals surface area contributed by atoms with E-state index in [2.05, 4.69) is 33.4 Å². The Labute approximate surface area is 250 Å². The Balaban J connectivity index is 1.13. The zero-order valence-electron chi connectivity index (χ0n) is 24.7. The molecule has 0 spiro atoms. The van der Waals surface area contributed by atoms with Crippen LogP contribution in [0.3, 0.4) is 0 Å². The smallest absolute Gasteiger partial charge is 0.228 e. The summed E-state index contributed by atoms with van der Waals surface area (Å²) in [6.45, 7) is 2.75. The number of pyridine rings is 1. The van der Waals surface area contributed by atoms with Gasteiger partial charge in [0, 0.05) is 36.1 Å². The van der Waals surface area contributed by atoms with Crippen LogP contribution < -0.4 is 25.0 Å². The molecule has 1 aliphatic heterocycles. The number of para-hydroxylation sites is 2. The quantitative estimate of drug-likeness (QED) is 0.225. The van der Waals surface area contributed by atoms with Crippen LogP contribution in [0.5, 0.6) is 17.2 Å². The van der Waals surface area contributed by atoms with Crippen LogP contribution in [0.15, 0.2) is 77.6 Å². The number of amides is 1. The number of H-pyrrole nitrogens is 1. The SMILES string of the molecule is COc1cc2c(cc1OC)CN(CCc1cccc(NC(=O)Cc3cccc4c(=O)c5cccc(OC)c5[nH]c34)c1)CC2. The molecule has 0 fully saturated rings. The van der Waals surface area contributed by atoms with Crippen molar-refractivity contribution in [2.75, 3.05) is 39.7 Å². The minimum absolute atomic E-state index is 0.0892. The number of aromatic nitrogens is 1. The highest BCUT2D eigenvalue weighted by Gasteiger charge is 2.19. The van der Waals surface area contributed by atoms with Crippen molar-refractivity contribution in [1.29, 1.82) is 0 Å². The number of hydrogen-bond acceptors (Lipinski definition) is 6. The van der Waals surface area contributed by atoms with Crippen LogP contribution in [0, 0.1) is 0 Å². The molecule has 5 aromatic rings. The van der Waals surface area contributed by atoms with Gasteiger partial charge in [-0.1, -0.05) is 30.3 Å². The number of fused-ring (bicyclic) bond motifs is 3. The lowest BCUT2D eigenvalue weighted by molar-refractivity contribution is -0.115. The third kappa shape index (κ3) is 5.79. The zero-order chi connectivity index (χ0) is 29.9. The first-order chi connectivity index (χ1) is 21.0. The number of methoxy groups -OCH3 is 3. The van der Waals surface area contributed by atoms with Crippen LogP contribution in [0.2, 0.25) is 0 Å². The predicted molar refractivity (Wildman–Crippen MR) is 170 cm³/mol. The first-order valence-corrected chi connectivity index (χ1v) is 14.4. The Morgan fingerprint density at radius 2 is 1.53 bits per heavy atom. The standard InChI is InChI=1S/C35H35N3O5/c1-41-29-12-6-11-28-34(29)37-33-24(8-5-10-27(33)35(28)40)20-32(39)36-26-9-4-7-22(17-26)13-15-38-16-14-23-18-30(42-2)31(43-3)19-25(23)21-38/h4-12,17-19H,13-16,20-21H2,1-3H3,(H,36,39)(H,37,40). The van der Waals surface area contributed by atoms with Crippen LogP contribution >= 0.6 is 0 Å². The maximum absolute atomic E-state index is 13.2. The molecule has 1 aliphatic rings. The van der Waals surface area contributed by atoms with Crippen molar-refractivity contribution in [3.8, 4) is 17.2 Å². The molecule has 43 heavy (non-hydrogen) atoms. The summed E-state index contributed by atoms with van der Waals surface area (Å²) in [5, 5.41) is 4.15. The van der Waals surface area contributed by atoms with E-state index in [-0.39, 0.29) is 17.8 Å². The largest absolute Gasteiger partial charge is 0.495 e. The van der Waals surface area contributed by atoms with Crippen molar-refractivity contribution in [3.05, 3.63) is 105 Å². The Bertz CT molecular complexity index is 1880. The minimum Gasteiger partial charge on any atom is -0.495 e. The zero-order valence-corrected chi connectivity index (χ0v) is 24.7. The monoisotopic (exact) mass is 577 g/mol. The highest BCUT2D eigenvalue weighted by Crippen LogP contribution is 2.33. The van der Waals surface area contributed by atoms with Gasteiger partial charge in [-0.05, 0) is 77.6 Å². The number of anilines is 1. The molecule has 220 valence electrons. The van der Waals surface area contributed by atoms with Crippen LogP contribution in [0.25, 0.3) is 21.8 Å². The first-order valence-electron chi connectivity index (χ1n) is 14.4. The van der Waals surface area contributed by atoms with Gasteiger partial charge < -0.3 is 24.5 Å². The molecule has 0 unspecified atom stereocenters. The highest BCUT2D eigenvalue weighted by molar-refractivity contribution is 5.99. The predicted octanol–water partition coefficient (Wildman–Crippen LogP) is 5.49. The van der Waals surface area contributed by atoms with Crippen molar-refractivity contribution in [1.82, 2.24) is 9.88 Å². The van der Waals surface area contributed by atoms with E-state index >= 15 is 0 Å². The lowest BCUT2D eigenvalue weighted by Crippen LogP contribution is -2.32. The third-order valence-electron chi connectivity index (χ3n) is 8.21. The van der Waals surface area contributed by atoms with Crippen molar-refractivity contribution in [3.63, 3.8) is 0 Å². The van der Waals surface area contributed by atoms with Gasteiger partial charge in [0.05, 0.1) is 38.8 Å². The molecular weight excluding hydrogens is 542 g/mol.